The van der Waals surface area contributed by atoms with Crippen molar-refractivity contribution in [3.05, 3.63) is 40.0 Å². The molecule has 0 aliphatic heterocycles. The maximum atomic E-state index is 12.0. The number of carbonyl (C=O) groups is 2. The van der Waals surface area contributed by atoms with Crippen molar-refractivity contribution in [2.24, 2.45) is 5.73 Å². The molecule has 1 aliphatic rings. The maximum absolute atomic E-state index is 12.0. The third kappa shape index (κ3) is 3.06. The number of thiophene rings is 1. The van der Waals surface area contributed by atoms with E-state index in [-0.39, 0.29) is 5.91 Å². The van der Waals surface area contributed by atoms with Crippen LogP contribution in [-0.2, 0) is 17.6 Å². The van der Waals surface area contributed by atoms with Crippen LogP contribution in [0.5, 0.6) is 10.8 Å². The van der Waals surface area contributed by atoms with E-state index in [1.54, 1.807) is 19.2 Å². The molecule has 2 amide bonds. The van der Waals surface area contributed by atoms with Crippen LogP contribution in [0.2, 0.25) is 0 Å². The van der Waals surface area contributed by atoms with Gasteiger partial charge in [-0.3, -0.25) is 9.59 Å². The highest BCUT2D eigenvalue weighted by atomic mass is 32.1. The van der Waals surface area contributed by atoms with E-state index in [4.69, 9.17) is 10.5 Å². The van der Waals surface area contributed by atoms with Gasteiger partial charge in [0.05, 0.1) is 21.0 Å². The van der Waals surface area contributed by atoms with Crippen molar-refractivity contribution in [1.29, 1.82) is 0 Å². The Labute approximate surface area is 169 Å². The molecule has 3 aromatic heterocycles. The molecule has 0 saturated carbocycles. The average Bonchev–Trinajstić information content (AvgIpc) is 3.26. The van der Waals surface area contributed by atoms with Crippen LogP contribution in [0.25, 0.3) is 10.4 Å². The smallest absolute Gasteiger partial charge is 0.259 e. The minimum absolute atomic E-state index is 0.100. The van der Waals surface area contributed by atoms with Gasteiger partial charge in [0.15, 0.2) is 5.06 Å². The van der Waals surface area contributed by atoms with Crippen molar-refractivity contribution in [2.45, 2.75) is 26.7 Å². The Hall–Kier alpha value is -2.78. The summed E-state index contributed by atoms with van der Waals surface area (Å²) in [7, 11) is 1.67. The molecular formula is C19H18N4O3S2. The number of anilines is 1. The van der Waals surface area contributed by atoms with Crippen molar-refractivity contribution in [3.63, 3.8) is 0 Å². The van der Waals surface area contributed by atoms with Gasteiger partial charge in [0.25, 0.3) is 5.91 Å². The van der Waals surface area contributed by atoms with Gasteiger partial charge in [-0.1, -0.05) is 11.3 Å². The predicted octanol–water partition coefficient (Wildman–Crippen LogP) is 3.55. The minimum atomic E-state index is -0.447. The lowest BCUT2D eigenvalue weighted by Gasteiger charge is -2.17. The number of aromatic nitrogens is 2. The van der Waals surface area contributed by atoms with Gasteiger partial charge in [-0.25, -0.2) is 9.36 Å². The zero-order chi connectivity index (χ0) is 20.0. The Kier molecular flexibility index (Phi) is 4.64. The van der Waals surface area contributed by atoms with Gasteiger partial charge < -0.3 is 15.4 Å². The van der Waals surface area contributed by atoms with Crippen molar-refractivity contribution in [3.8, 4) is 21.3 Å². The molecule has 0 unspecified atom stereocenters. The molecule has 0 aromatic carbocycles. The van der Waals surface area contributed by atoms with E-state index in [9.17, 15) is 9.59 Å². The standard InChI is InChI=1S/C19H18N4O3S2/c1-9-13(6-7-14(22-9)23(3)10(2)24)26-19-15-12(17(27-19)18(20)25)5-4-11-8-21-28-16(11)15/h6-8H,4-5H2,1-3H3,(H2,20,25). The molecule has 9 heteroatoms. The van der Waals surface area contributed by atoms with Crippen molar-refractivity contribution >= 4 is 40.5 Å². The van der Waals surface area contributed by atoms with E-state index in [1.807, 2.05) is 13.1 Å². The highest BCUT2D eigenvalue weighted by Crippen LogP contribution is 2.50. The highest BCUT2D eigenvalue weighted by Gasteiger charge is 2.30. The lowest BCUT2D eigenvalue weighted by atomic mass is 9.93. The molecule has 144 valence electrons. The van der Waals surface area contributed by atoms with Gasteiger partial charge in [-0.05, 0) is 54.6 Å². The molecule has 0 saturated heterocycles. The Balaban J connectivity index is 1.76. The van der Waals surface area contributed by atoms with Crippen LogP contribution in [0.15, 0.2) is 18.3 Å². The number of rotatable bonds is 4. The zero-order valence-corrected chi connectivity index (χ0v) is 17.2. The average molecular weight is 415 g/mol. The topological polar surface area (TPSA) is 98.4 Å². The molecule has 1 aliphatic carbocycles. The molecule has 3 aromatic rings. The number of hydrogen-bond donors (Lipinski definition) is 1. The minimum Gasteiger partial charge on any atom is -0.444 e. The van der Waals surface area contributed by atoms with E-state index >= 15 is 0 Å². The van der Waals surface area contributed by atoms with E-state index in [0.717, 1.165) is 34.4 Å². The van der Waals surface area contributed by atoms with E-state index < -0.39 is 5.91 Å². The largest absolute Gasteiger partial charge is 0.444 e. The Morgan fingerprint density at radius 3 is 2.75 bits per heavy atom. The second kappa shape index (κ2) is 6.99. The molecular weight excluding hydrogens is 396 g/mol. The normalized spacial score (nSPS) is 12.2. The molecule has 7 nitrogen and oxygen atoms in total. The summed E-state index contributed by atoms with van der Waals surface area (Å²) in [5, 5.41) is 0.617. The first-order valence-electron chi connectivity index (χ1n) is 8.66. The van der Waals surface area contributed by atoms with Gasteiger partial charge in [-0.2, -0.15) is 0 Å². The SMILES string of the molecule is CC(=O)N(C)c1ccc(Oc2sc(C(N)=O)c3c2-c2sncc2CC3)c(C)n1. The van der Waals surface area contributed by atoms with Gasteiger partial charge in [0, 0.05) is 20.2 Å². The number of nitrogens with two attached hydrogens (primary N) is 1. The third-order valence-electron chi connectivity index (χ3n) is 4.76. The van der Waals surface area contributed by atoms with Gasteiger partial charge in [-0.15, -0.1) is 0 Å². The van der Waals surface area contributed by atoms with Crippen molar-refractivity contribution in [2.75, 3.05) is 11.9 Å². The number of fused-ring (bicyclic) bond motifs is 3. The molecule has 0 fully saturated rings. The molecule has 0 spiro atoms. The van der Waals surface area contributed by atoms with Crippen molar-refractivity contribution in [1.82, 2.24) is 9.36 Å². The predicted molar refractivity (Wildman–Crippen MR) is 109 cm³/mol. The van der Waals surface area contributed by atoms with Crippen LogP contribution in [0.1, 0.15) is 33.4 Å². The summed E-state index contributed by atoms with van der Waals surface area (Å²) in [5.74, 6) is 0.569. The molecule has 4 rings (SSSR count). The summed E-state index contributed by atoms with van der Waals surface area (Å²) < 4.78 is 10.5. The highest BCUT2D eigenvalue weighted by molar-refractivity contribution is 7.17. The Morgan fingerprint density at radius 1 is 1.29 bits per heavy atom. The molecule has 28 heavy (non-hydrogen) atoms. The fourth-order valence-corrected chi connectivity index (χ4v) is 5.18. The summed E-state index contributed by atoms with van der Waals surface area (Å²) in [6.45, 7) is 3.30. The van der Waals surface area contributed by atoms with E-state index in [1.165, 1.54) is 34.7 Å². The van der Waals surface area contributed by atoms with Crippen LogP contribution in [0.4, 0.5) is 5.82 Å². The third-order valence-corrected chi connectivity index (χ3v) is 6.74. The van der Waals surface area contributed by atoms with Crippen LogP contribution >= 0.6 is 22.9 Å². The number of amides is 2. The number of aryl methyl sites for hydroxylation is 2. The summed E-state index contributed by atoms with van der Waals surface area (Å²) >= 11 is 2.66. The molecule has 0 bridgehead atoms. The molecule has 3 heterocycles. The Morgan fingerprint density at radius 2 is 2.07 bits per heavy atom. The van der Waals surface area contributed by atoms with Crippen molar-refractivity contribution < 1.29 is 14.3 Å². The molecule has 0 atom stereocenters. The number of pyridine rings is 1. The zero-order valence-electron chi connectivity index (χ0n) is 15.6. The van der Waals surface area contributed by atoms with Crippen LogP contribution in [-0.4, -0.2) is 28.2 Å². The molecule has 2 N–H and O–H groups in total. The fourth-order valence-electron chi connectivity index (χ4n) is 3.18. The van der Waals surface area contributed by atoms with Crippen LogP contribution in [0.3, 0.4) is 0 Å². The monoisotopic (exact) mass is 414 g/mol. The summed E-state index contributed by atoms with van der Waals surface area (Å²) in [4.78, 5) is 31.0. The summed E-state index contributed by atoms with van der Waals surface area (Å²) in [6, 6.07) is 3.51. The quantitative estimate of drug-likeness (QED) is 0.704. The van der Waals surface area contributed by atoms with E-state index in [2.05, 4.69) is 9.36 Å². The Bertz CT molecular complexity index is 1100. The number of nitrogens with zero attached hydrogens (tertiary/aromatic N) is 3. The lowest BCUT2D eigenvalue weighted by Crippen LogP contribution is -2.23. The summed E-state index contributed by atoms with van der Waals surface area (Å²) in [6.07, 6.45) is 3.44. The van der Waals surface area contributed by atoms with E-state index in [0.29, 0.717) is 27.2 Å². The second-order valence-corrected chi connectivity index (χ2v) is 8.33. The first kappa shape index (κ1) is 18.6. The number of carbonyl (C=O) groups excluding carboxylic acids is 2. The summed E-state index contributed by atoms with van der Waals surface area (Å²) in [5.41, 5.74) is 9.25. The first-order chi connectivity index (χ1) is 13.4. The fraction of sp³-hybridized carbons (Fsp3) is 0.263. The van der Waals surface area contributed by atoms with Gasteiger partial charge in [0.1, 0.15) is 11.6 Å². The maximum Gasteiger partial charge on any atom is 0.259 e. The van der Waals surface area contributed by atoms with Gasteiger partial charge >= 0.3 is 0 Å². The first-order valence-corrected chi connectivity index (χ1v) is 10.2. The number of ether oxygens (including phenoxy) is 1. The van der Waals surface area contributed by atoms with Crippen LogP contribution < -0.4 is 15.4 Å². The van der Waals surface area contributed by atoms with Gasteiger partial charge in [0.2, 0.25) is 5.91 Å². The molecule has 0 radical (unpaired) electrons. The van der Waals surface area contributed by atoms with Crippen LogP contribution in [0, 0.1) is 6.92 Å². The number of hydrogen-bond acceptors (Lipinski definition) is 7. The lowest BCUT2D eigenvalue weighted by molar-refractivity contribution is -0.116. The number of primary amides is 1. The second-order valence-electron chi connectivity index (χ2n) is 6.55.